The smallest absolute Gasteiger partial charge is 0.214 e. The number of rotatable bonds is 5. The van der Waals surface area contributed by atoms with E-state index >= 15 is 0 Å². The number of aromatic amines is 1. The van der Waals surface area contributed by atoms with Crippen LogP contribution >= 0.6 is 0 Å². The van der Waals surface area contributed by atoms with E-state index in [1.807, 2.05) is 25.1 Å². The van der Waals surface area contributed by atoms with Gasteiger partial charge in [-0.2, -0.15) is 5.10 Å². The first kappa shape index (κ1) is 21.9. The molecule has 8 heteroatoms. The second-order valence-electron chi connectivity index (χ2n) is 10.1. The number of anilines is 1. The van der Waals surface area contributed by atoms with Crippen LogP contribution in [0.3, 0.4) is 0 Å². The van der Waals surface area contributed by atoms with Crippen molar-refractivity contribution in [3.05, 3.63) is 65.5 Å². The molecule has 3 aromatic rings. The lowest BCUT2D eigenvalue weighted by Gasteiger charge is -2.25. The molecule has 4 atom stereocenters. The van der Waals surface area contributed by atoms with E-state index in [0.29, 0.717) is 29.2 Å². The number of hydrogen-bond donors (Lipinski definition) is 3. The molecule has 6 rings (SSSR count). The van der Waals surface area contributed by atoms with Crippen LogP contribution in [-0.4, -0.2) is 55.5 Å². The van der Waals surface area contributed by atoms with Gasteiger partial charge in [0.15, 0.2) is 0 Å². The predicted octanol–water partition coefficient (Wildman–Crippen LogP) is 3.72. The summed E-state index contributed by atoms with van der Waals surface area (Å²) in [5.41, 5.74) is 10.3. The molecule has 0 radical (unpaired) electrons. The molecule has 8 nitrogen and oxygen atoms in total. The number of carbonyl (C=O) groups is 1. The normalized spacial score (nSPS) is 26.0. The van der Waals surface area contributed by atoms with Crippen molar-refractivity contribution in [1.82, 2.24) is 25.0 Å². The number of carbonyl (C=O) groups excluding carboxylic acids is 1. The number of allylic oxidation sites excluding steroid dienone is 2. The number of ketones is 1. The van der Waals surface area contributed by atoms with Gasteiger partial charge in [-0.15, -0.1) is 0 Å². The van der Waals surface area contributed by atoms with Crippen LogP contribution in [0, 0.1) is 0 Å². The average Bonchev–Trinajstić information content (AvgIpc) is 3.60. The number of likely N-dealkylation sites (tertiary alicyclic amines) is 1. The SMILES string of the molecule is CC1=NC2C=CC(n3ncc(C(=O)c4cc5ccc(CN6C(C)CCC6C)cc5[nH]4)c3N)=CC2N1. The van der Waals surface area contributed by atoms with Gasteiger partial charge in [0.1, 0.15) is 5.82 Å². The third-order valence-corrected chi connectivity index (χ3v) is 7.63. The first-order chi connectivity index (χ1) is 16.9. The number of fused-ring (bicyclic) bond motifs is 2. The summed E-state index contributed by atoms with van der Waals surface area (Å²) < 4.78 is 1.62. The van der Waals surface area contributed by atoms with Crippen molar-refractivity contribution >= 4 is 34.0 Å². The zero-order valence-electron chi connectivity index (χ0n) is 20.3. The lowest BCUT2D eigenvalue weighted by Crippen LogP contribution is -2.33. The summed E-state index contributed by atoms with van der Waals surface area (Å²) in [6.45, 7) is 7.48. The number of nitrogen functional groups attached to an aromatic ring is 1. The molecule has 4 unspecified atom stereocenters. The maximum atomic E-state index is 13.4. The fourth-order valence-electron chi connectivity index (χ4n) is 5.60. The van der Waals surface area contributed by atoms with E-state index in [2.05, 4.69) is 63.4 Å². The summed E-state index contributed by atoms with van der Waals surface area (Å²) in [7, 11) is 0. The number of nitrogens with one attached hydrogen (secondary N) is 2. The van der Waals surface area contributed by atoms with E-state index in [4.69, 9.17) is 5.73 Å². The first-order valence-electron chi connectivity index (χ1n) is 12.3. The Kier molecular flexibility index (Phi) is 5.14. The number of benzene rings is 1. The molecule has 2 aliphatic heterocycles. The zero-order valence-corrected chi connectivity index (χ0v) is 20.3. The monoisotopic (exact) mass is 469 g/mol. The van der Waals surface area contributed by atoms with E-state index in [9.17, 15) is 4.79 Å². The van der Waals surface area contributed by atoms with Gasteiger partial charge in [-0.05, 0) is 63.5 Å². The average molecular weight is 470 g/mol. The minimum absolute atomic E-state index is 0.0761. The maximum absolute atomic E-state index is 13.4. The Morgan fingerprint density at radius 2 is 2.00 bits per heavy atom. The Morgan fingerprint density at radius 1 is 1.20 bits per heavy atom. The Hall–Kier alpha value is -3.65. The maximum Gasteiger partial charge on any atom is 0.214 e. The topological polar surface area (TPSA) is 104 Å². The molecule has 180 valence electrons. The summed E-state index contributed by atoms with van der Waals surface area (Å²) >= 11 is 0. The number of aliphatic imine (C=N–C) groups is 1. The number of aromatic nitrogens is 3. The molecule has 2 aromatic heterocycles. The molecular formula is C27H31N7O. The number of nitrogens with two attached hydrogens (primary N) is 1. The zero-order chi connectivity index (χ0) is 24.3. The highest BCUT2D eigenvalue weighted by atomic mass is 16.1. The van der Waals surface area contributed by atoms with Gasteiger partial charge in [0.2, 0.25) is 5.78 Å². The standard InChI is InChI=1S/C27H31N7O/c1-15-4-5-16(2)33(15)14-18-6-7-19-11-25(32-23(19)10-18)26(35)21-13-29-34(27(21)28)20-8-9-22-24(12-20)31-17(3)30-22/h6-13,15-16,22,24,32H,4-5,14,28H2,1-3H3,(H,30,31). The van der Waals surface area contributed by atoms with Crippen molar-refractivity contribution in [2.24, 2.45) is 4.99 Å². The number of amidine groups is 1. The Labute approximate surface area is 204 Å². The van der Waals surface area contributed by atoms with E-state index < -0.39 is 0 Å². The van der Waals surface area contributed by atoms with Crippen molar-refractivity contribution in [2.45, 2.75) is 64.3 Å². The molecule has 1 fully saturated rings. The molecule has 4 heterocycles. The highest BCUT2D eigenvalue weighted by molar-refractivity contribution is 6.12. The molecule has 0 amide bonds. The van der Waals surface area contributed by atoms with Crippen LogP contribution in [0.4, 0.5) is 5.82 Å². The molecular weight excluding hydrogens is 438 g/mol. The van der Waals surface area contributed by atoms with Crippen LogP contribution in [0.15, 0.2) is 53.7 Å². The third-order valence-electron chi connectivity index (χ3n) is 7.63. The molecule has 0 saturated carbocycles. The lowest BCUT2D eigenvalue weighted by molar-refractivity contribution is 0.103. The molecule has 1 aromatic carbocycles. The van der Waals surface area contributed by atoms with Crippen LogP contribution in [0.2, 0.25) is 0 Å². The van der Waals surface area contributed by atoms with Crippen molar-refractivity contribution in [3.63, 3.8) is 0 Å². The molecule has 4 N–H and O–H groups in total. The lowest BCUT2D eigenvalue weighted by atomic mass is 10.0. The third kappa shape index (κ3) is 3.78. The quantitative estimate of drug-likeness (QED) is 0.494. The van der Waals surface area contributed by atoms with Crippen molar-refractivity contribution in [2.75, 3.05) is 5.73 Å². The summed E-state index contributed by atoms with van der Waals surface area (Å²) in [5, 5.41) is 8.78. The fourth-order valence-corrected chi connectivity index (χ4v) is 5.60. The predicted molar refractivity (Wildman–Crippen MR) is 139 cm³/mol. The van der Waals surface area contributed by atoms with Gasteiger partial charge < -0.3 is 16.0 Å². The number of nitrogens with zero attached hydrogens (tertiary/aromatic N) is 4. The molecule has 3 aliphatic rings. The summed E-state index contributed by atoms with van der Waals surface area (Å²) in [6, 6.07) is 9.66. The Balaban J connectivity index is 1.24. The largest absolute Gasteiger partial charge is 0.383 e. The first-order valence-corrected chi connectivity index (χ1v) is 12.3. The van der Waals surface area contributed by atoms with Gasteiger partial charge in [0, 0.05) is 29.5 Å². The molecule has 1 aliphatic carbocycles. The minimum atomic E-state index is -0.162. The Bertz CT molecular complexity index is 1400. The van der Waals surface area contributed by atoms with Crippen LogP contribution < -0.4 is 11.1 Å². The van der Waals surface area contributed by atoms with E-state index in [1.165, 1.54) is 18.4 Å². The van der Waals surface area contributed by atoms with Gasteiger partial charge in [-0.1, -0.05) is 18.2 Å². The van der Waals surface area contributed by atoms with Crippen molar-refractivity contribution < 1.29 is 4.79 Å². The van der Waals surface area contributed by atoms with Gasteiger partial charge in [-0.25, -0.2) is 4.68 Å². The van der Waals surface area contributed by atoms with Gasteiger partial charge in [0.05, 0.1) is 41.1 Å². The highest BCUT2D eigenvalue weighted by Crippen LogP contribution is 2.28. The van der Waals surface area contributed by atoms with E-state index in [-0.39, 0.29) is 17.9 Å². The molecule has 0 spiro atoms. The molecule has 0 bridgehead atoms. The van der Waals surface area contributed by atoms with Crippen LogP contribution in [0.25, 0.3) is 16.6 Å². The van der Waals surface area contributed by atoms with Gasteiger partial charge in [0.25, 0.3) is 0 Å². The summed E-state index contributed by atoms with van der Waals surface area (Å²) in [6.07, 6.45) is 10.1. The van der Waals surface area contributed by atoms with Crippen LogP contribution in [0.5, 0.6) is 0 Å². The fraction of sp³-hybridized carbons (Fsp3) is 0.370. The molecule has 1 saturated heterocycles. The minimum Gasteiger partial charge on any atom is -0.383 e. The number of hydrogen-bond acceptors (Lipinski definition) is 6. The summed E-state index contributed by atoms with van der Waals surface area (Å²) in [5.74, 6) is 1.08. The van der Waals surface area contributed by atoms with Crippen LogP contribution in [-0.2, 0) is 6.54 Å². The van der Waals surface area contributed by atoms with Gasteiger partial charge >= 0.3 is 0 Å². The van der Waals surface area contributed by atoms with E-state index in [1.54, 1.807) is 10.9 Å². The van der Waals surface area contributed by atoms with Crippen molar-refractivity contribution in [3.8, 4) is 0 Å². The van der Waals surface area contributed by atoms with Crippen LogP contribution in [0.1, 0.15) is 55.2 Å². The number of H-pyrrole nitrogens is 1. The Morgan fingerprint density at radius 3 is 2.80 bits per heavy atom. The van der Waals surface area contributed by atoms with Crippen molar-refractivity contribution in [1.29, 1.82) is 0 Å². The highest BCUT2D eigenvalue weighted by Gasteiger charge is 2.29. The molecule has 35 heavy (non-hydrogen) atoms. The van der Waals surface area contributed by atoms with Gasteiger partial charge in [-0.3, -0.25) is 14.7 Å². The second-order valence-corrected chi connectivity index (χ2v) is 10.1. The summed E-state index contributed by atoms with van der Waals surface area (Å²) in [4.78, 5) is 23.8. The second kappa shape index (κ2) is 8.23. The van der Waals surface area contributed by atoms with E-state index in [0.717, 1.165) is 29.0 Å².